The molecule has 0 heterocycles. The Bertz CT molecular complexity index is 449. The minimum atomic E-state index is -1.13. The molecule has 1 N–H and O–H groups in total. The monoisotopic (exact) mass is 226 g/mol. The van der Waals surface area contributed by atoms with Gasteiger partial charge < -0.3 is 9.84 Å². The van der Waals surface area contributed by atoms with Crippen molar-refractivity contribution in [1.29, 1.82) is 0 Å². The number of esters is 1. The summed E-state index contributed by atoms with van der Waals surface area (Å²) in [4.78, 5) is 10.8. The number of carbonyl (C=O) groups excluding carboxylic acids is 1. The SMILES string of the molecule is CCOC(=O)C#Cc1cc(F)c(O)c(F)c1. The zero-order valence-electron chi connectivity index (χ0n) is 8.38. The number of hydrogen-bond acceptors (Lipinski definition) is 3. The van der Waals surface area contributed by atoms with Gasteiger partial charge in [-0.25, -0.2) is 13.6 Å². The highest BCUT2D eigenvalue weighted by molar-refractivity contribution is 5.89. The van der Waals surface area contributed by atoms with E-state index in [2.05, 4.69) is 10.7 Å². The summed E-state index contributed by atoms with van der Waals surface area (Å²) in [7, 11) is 0. The van der Waals surface area contributed by atoms with E-state index in [1.165, 1.54) is 0 Å². The molecule has 0 saturated heterocycles. The molecular formula is C11H8F2O3. The van der Waals surface area contributed by atoms with Gasteiger partial charge in [-0.2, -0.15) is 0 Å². The number of rotatable bonds is 1. The smallest absolute Gasteiger partial charge is 0.384 e. The summed E-state index contributed by atoms with van der Waals surface area (Å²) in [6.45, 7) is 1.78. The second-order valence-electron chi connectivity index (χ2n) is 2.76. The van der Waals surface area contributed by atoms with Gasteiger partial charge in [0.25, 0.3) is 0 Å². The van der Waals surface area contributed by atoms with Crippen LogP contribution >= 0.6 is 0 Å². The molecule has 84 valence electrons. The number of aromatic hydroxyl groups is 1. The molecule has 0 radical (unpaired) electrons. The summed E-state index contributed by atoms with van der Waals surface area (Å²) in [6.07, 6.45) is 0. The van der Waals surface area contributed by atoms with E-state index in [-0.39, 0.29) is 12.2 Å². The maximum absolute atomic E-state index is 12.8. The second-order valence-corrected chi connectivity index (χ2v) is 2.76. The second kappa shape index (κ2) is 5.12. The maximum atomic E-state index is 12.8. The van der Waals surface area contributed by atoms with Crippen LogP contribution in [0.15, 0.2) is 12.1 Å². The topological polar surface area (TPSA) is 46.5 Å². The lowest BCUT2D eigenvalue weighted by Crippen LogP contribution is -1.99. The molecular weight excluding hydrogens is 218 g/mol. The van der Waals surface area contributed by atoms with E-state index >= 15 is 0 Å². The standard InChI is InChI=1S/C11H8F2O3/c1-2-16-10(14)4-3-7-5-8(12)11(15)9(13)6-7/h5-6,15H,2H2,1H3. The zero-order chi connectivity index (χ0) is 12.1. The molecule has 5 heteroatoms. The first-order valence-corrected chi connectivity index (χ1v) is 4.41. The Morgan fingerprint density at radius 2 is 2.00 bits per heavy atom. The molecule has 0 bridgehead atoms. The van der Waals surface area contributed by atoms with Crippen molar-refractivity contribution in [1.82, 2.24) is 0 Å². The van der Waals surface area contributed by atoms with Crippen LogP contribution in [0.5, 0.6) is 5.75 Å². The molecule has 0 aliphatic rings. The predicted octanol–water partition coefficient (Wildman–Crippen LogP) is 1.58. The van der Waals surface area contributed by atoms with Crippen LogP contribution in [-0.2, 0) is 9.53 Å². The van der Waals surface area contributed by atoms with Crippen molar-refractivity contribution in [3.05, 3.63) is 29.3 Å². The molecule has 0 amide bonds. The van der Waals surface area contributed by atoms with Crippen molar-refractivity contribution in [3.8, 4) is 17.6 Å². The van der Waals surface area contributed by atoms with E-state index in [1.54, 1.807) is 6.92 Å². The molecule has 3 nitrogen and oxygen atoms in total. The fourth-order valence-electron chi connectivity index (χ4n) is 0.928. The number of benzene rings is 1. The molecule has 0 aliphatic carbocycles. The highest BCUT2D eigenvalue weighted by atomic mass is 19.1. The van der Waals surface area contributed by atoms with Crippen LogP contribution < -0.4 is 0 Å². The van der Waals surface area contributed by atoms with Crippen LogP contribution in [0.4, 0.5) is 8.78 Å². The lowest BCUT2D eigenvalue weighted by molar-refractivity contribution is -0.136. The van der Waals surface area contributed by atoms with E-state index in [0.29, 0.717) is 0 Å². The van der Waals surface area contributed by atoms with Gasteiger partial charge in [-0.1, -0.05) is 5.92 Å². The number of phenolic OH excluding ortho intramolecular Hbond substituents is 1. The van der Waals surface area contributed by atoms with Crippen molar-refractivity contribution < 1.29 is 23.4 Å². The van der Waals surface area contributed by atoms with Crippen LogP contribution in [-0.4, -0.2) is 17.7 Å². The summed E-state index contributed by atoms with van der Waals surface area (Å²) in [5, 5.41) is 8.80. The van der Waals surface area contributed by atoms with E-state index in [9.17, 15) is 13.6 Å². The van der Waals surface area contributed by atoms with Gasteiger partial charge in [-0.3, -0.25) is 0 Å². The normalized spacial score (nSPS) is 9.19. The maximum Gasteiger partial charge on any atom is 0.384 e. The van der Waals surface area contributed by atoms with Gasteiger partial charge in [0, 0.05) is 11.5 Å². The molecule has 1 aromatic carbocycles. The number of carbonyl (C=O) groups is 1. The fourth-order valence-corrected chi connectivity index (χ4v) is 0.928. The van der Waals surface area contributed by atoms with Crippen LogP contribution in [0.1, 0.15) is 12.5 Å². The molecule has 0 saturated carbocycles. The summed E-state index contributed by atoms with van der Waals surface area (Å²) >= 11 is 0. The number of hydrogen-bond donors (Lipinski definition) is 1. The quantitative estimate of drug-likeness (QED) is 0.584. The predicted molar refractivity (Wildman–Crippen MR) is 51.5 cm³/mol. The third-order valence-electron chi connectivity index (χ3n) is 1.60. The Hall–Kier alpha value is -2.09. The average molecular weight is 226 g/mol. The molecule has 0 spiro atoms. The Kier molecular flexibility index (Phi) is 3.84. The van der Waals surface area contributed by atoms with Crippen LogP contribution in [0.25, 0.3) is 0 Å². The molecule has 1 rings (SSSR count). The van der Waals surface area contributed by atoms with Gasteiger partial charge in [0.1, 0.15) is 0 Å². The minimum Gasteiger partial charge on any atom is -0.503 e. The highest BCUT2D eigenvalue weighted by Gasteiger charge is 2.08. The summed E-state index contributed by atoms with van der Waals surface area (Å²) < 4.78 is 30.2. The van der Waals surface area contributed by atoms with Gasteiger partial charge >= 0.3 is 5.97 Å². The Morgan fingerprint density at radius 1 is 1.44 bits per heavy atom. The van der Waals surface area contributed by atoms with Gasteiger partial charge in [-0.15, -0.1) is 0 Å². The van der Waals surface area contributed by atoms with Crippen LogP contribution in [0.3, 0.4) is 0 Å². The Morgan fingerprint density at radius 3 is 2.50 bits per heavy atom. The summed E-state index contributed by atoms with van der Waals surface area (Å²) in [5.41, 5.74) is -0.0548. The van der Waals surface area contributed by atoms with E-state index < -0.39 is 23.4 Å². The zero-order valence-corrected chi connectivity index (χ0v) is 8.38. The van der Waals surface area contributed by atoms with Gasteiger partial charge in [-0.05, 0) is 19.1 Å². The van der Waals surface area contributed by atoms with Crippen molar-refractivity contribution in [3.63, 3.8) is 0 Å². The number of phenols is 1. The number of ether oxygens (including phenoxy) is 1. The molecule has 0 fully saturated rings. The Labute approximate surface area is 90.7 Å². The minimum absolute atomic E-state index is 0.0548. The lowest BCUT2D eigenvalue weighted by Gasteiger charge is -1.97. The summed E-state index contributed by atoms with van der Waals surface area (Å²) in [5.74, 6) is 0.158. The fraction of sp³-hybridized carbons (Fsp3) is 0.182. The highest BCUT2D eigenvalue weighted by Crippen LogP contribution is 2.20. The molecule has 0 aromatic heterocycles. The van der Waals surface area contributed by atoms with Crippen molar-refractivity contribution in [2.75, 3.05) is 6.61 Å². The van der Waals surface area contributed by atoms with Crippen molar-refractivity contribution in [2.24, 2.45) is 0 Å². The molecule has 0 aliphatic heterocycles. The van der Waals surface area contributed by atoms with Crippen LogP contribution in [0.2, 0.25) is 0 Å². The Balaban J connectivity index is 2.94. The summed E-state index contributed by atoms with van der Waals surface area (Å²) in [6, 6.07) is 1.65. The molecule has 0 atom stereocenters. The largest absolute Gasteiger partial charge is 0.503 e. The third kappa shape index (κ3) is 2.95. The van der Waals surface area contributed by atoms with Gasteiger partial charge in [0.05, 0.1) is 6.61 Å². The lowest BCUT2D eigenvalue weighted by atomic mass is 10.2. The first-order valence-electron chi connectivity index (χ1n) is 4.41. The van der Waals surface area contributed by atoms with Crippen molar-refractivity contribution in [2.45, 2.75) is 6.92 Å². The average Bonchev–Trinajstić information content (AvgIpc) is 2.23. The van der Waals surface area contributed by atoms with E-state index in [0.717, 1.165) is 12.1 Å². The van der Waals surface area contributed by atoms with Crippen LogP contribution in [0, 0.1) is 23.5 Å². The van der Waals surface area contributed by atoms with Crippen molar-refractivity contribution >= 4 is 5.97 Å². The molecule has 0 unspecified atom stereocenters. The first-order chi connectivity index (χ1) is 7.54. The third-order valence-corrected chi connectivity index (χ3v) is 1.60. The van der Waals surface area contributed by atoms with E-state index in [1.807, 2.05) is 5.92 Å². The molecule has 1 aromatic rings. The van der Waals surface area contributed by atoms with Gasteiger partial charge in [0.2, 0.25) is 0 Å². The molecule has 16 heavy (non-hydrogen) atoms. The van der Waals surface area contributed by atoms with E-state index in [4.69, 9.17) is 5.11 Å². The first kappa shape index (κ1) is 12.0. The van der Waals surface area contributed by atoms with Gasteiger partial charge in [0.15, 0.2) is 17.4 Å². The number of halogens is 2.